The zero-order valence-electron chi connectivity index (χ0n) is 12.8. The highest BCUT2D eigenvalue weighted by Crippen LogP contribution is 2.16. The van der Waals surface area contributed by atoms with Crippen LogP contribution in [0.15, 0.2) is 47.5 Å². The largest absolute Gasteiger partial charge is 0.384 e. The van der Waals surface area contributed by atoms with E-state index in [-0.39, 0.29) is 4.90 Å². The summed E-state index contributed by atoms with van der Waals surface area (Å²) in [7, 11) is -3.60. The second kappa shape index (κ2) is 7.26. The Kier molecular flexibility index (Phi) is 5.38. The van der Waals surface area contributed by atoms with Crippen molar-refractivity contribution in [1.82, 2.24) is 4.98 Å². The molecule has 0 spiro atoms. The normalized spacial score (nSPS) is 11.2. The average molecular weight is 319 g/mol. The summed E-state index contributed by atoms with van der Waals surface area (Å²) in [6.45, 7) is 4.96. The first kappa shape index (κ1) is 16.3. The lowest BCUT2D eigenvalue weighted by molar-refractivity contribution is 0.601. The molecule has 118 valence electrons. The summed E-state index contributed by atoms with van der Waals surface area (Å²) in [5, 5.41) is 3.19. The van der Waals surface area contributed by atoms with Crippen molar-refractivity contribution in [2.75, 3.05) is 16.6 Å². The zero-order valence-corrected chi connectivity index (χ0v) is 13.7. The molecule has 2 rings (SSSR count). The fraction of sp³-hybridized carbons (Fsp3) is 0.312. The molecule has 0 radical (unpaired) electrons. The van der Waals surface area contributed by atoms with E-state index in [0.717, 1.165) is 30.6 Å². The Bertz CT molecular complexity index is 695. The summed E-state index contributed by atoms with van der Waals surface area (Å²) in [5.74, 6) is 0.307. The Labute approximate surface area is 131 Å². The van der Waals surface area contributed by atoms with Gasteiger partial charge in [-0.25, -0.2) is 13.4 Å². The Balaban J connectivity index is 2.10. The molecule has 0 aliphatic carbocycles. The van der Waals surface area contributed by atoms with Crippen LogP contribution in [-0.2, 0) is 16.4 Å². The maximum absolute atomic E-state index is 12.3. The molecule has 0 aliphatic heterocycles. The van der Waals surface area contributed by atoms with Gasteiger partial charge in [-0.1, -0.05) is 26.0 Å². The van der Waals surface area contributed by atoms with Crippen LogP contribution in [0.2, 0.25) is 0 Å². The van der Waals surface area contributed by atoms with Crippen molar-refractivity contribution in [3.05, 3.63) is 48.2 Å². The minimum Gasteiger partial charge on any atom is -0.384 e. The second-order valence-electron chi connectivity index (χ2n) is 4.96. The molecule has 1 aromatic carbocycles. The Hall–Kier alpha value is -2.08. The van der Waals surface area contributed by atoms with Gasteiger partial charge in [0.15, 0.2) is 0 Å². The van der Waals surface area contributed by atoms with Crippen molar-refractivity contribution < 1.29 is 8.42 Å². The van der Waals surface area contributed by atoms with Crippen LogP contribution in [0.5, 0.6) is 0 Å². The lowest BCUT2D eigenvalue weighted by Crippen LogP contribution is -2.14. The molecule has 5 nitrogen and oxygen atoms in total. The molecule has 2 aromatic rings. The minimum atomic E-state index is -3.60. The molecular formula is C16H21N3O2S. The molecule has 1 heterocycles. The van der Waals surface area contributed by atoms with Crippen LogP contribution >= 0.6 is 0 Å². The van der Waals surface area contributed by atoms with Crippen LogP contribution in [0, 0.1) is 0 Å². The maximum atomic E-state index is 12.3. The first-order valence-electron chi connectivity index (χ1n) is 7.37. The number of hydrogen-bond acceptors (Lipinski definition) is 4. The number of aryl methyl sites for hydroxylation is 1. The van der Waals surface area contributed by atoms with Crippen molar-refractivity contribution in [3.8, 4) is 0 Å². The molecule has 22 heavy (non-hydrogen) atoms. The quantitative estimate of drug-likeness (QED) is 0.821. The topological polar surface area (TPSA) is 71.1 Å². The van der Waals surface area contributed by atoms with E-state index in [4.69, 9.17) is 0 Å². The third-order valence-electron chi connectivity index (χ3n) is 3.22. The molecule has 0 atom stereocenters. The summed E-state index contributed by atoms with van der Waals surface area (Å²) in [4.78, 5) is 4.36. The molecule has 0 saturated heterocycles. The highest BCUT2D eigenvalue weighted by Gasteiger charge is 2.14. The van der Waals surface area contributed by atoms with Gasteiger partial charge in [-0.15, -0.1) is 0 Å². The van der Waals surface area contributed by atoms with Crippen LogP contribution < -0.4 is 10.0 Å². The van der Waals surface area contributed by atoms with Crippen LogP contribution in [0.3, 0.4) is 0 Å². The van der Waals surface area contributed by atoms with E-state index >= 15 is 0 Å². The second-order valence-corrected chi connectivity index (χ2v) is 6.64. The number of rotatable bonds is 7. The smallest absolute Gasteiger partial charge is 0.263 e. The molecule has 0 bridgehead atoms. The summed E-state index contributed by atoms with van der Waals surface area (Å²) in [5.41, 5.74) is 1.97. The number of nitrogens with one attached hydrogen (secondary N) is 2. The van der Waals surface area contributed by atoms with Crippen LogP contribution in [0.1, 0.15) is 25.8 Å². The van der Waals surface area contributed by atoms with Gasteiger partial charge in [-0.2, -0.15) is 0 Å². The van der Waals surface area contributed by atoms with Gasteiger partial charge in [0.25, 0.3) is 10.0 Å². The number of hydrogen-bond donors (Lipinski definition) is 2. The standard InChI is InChI=1S/C16H21N3O2S/c1-3-11-17-14-7-10-16(18-12-14)19-22(20,21)15-8-5-13(4-2)6-9-15/h5-10,12,17H,3-4,11H2,1-2H3,(H,18,19). The third kappa shape index (κ3) is 4.21. The average Bonchev–Trinajstić information content (AvgIpc) is 2.54. The predicted molar refractivity (Wildman–Crippen MR) is 89.6 cm³/mol. The lowest BCUT2D eigenvalue weighted by Gasteiger charge is -2.09. The van der Waals surface area contributed by atoms with Crippen molar-refractivity contribution in [2.45, 2.75) is 31.6 Å². The van der Waals surface area contributed by atoms with Gasteiger partial charge in [0.2, 0.25) is 0 Å². The zero-order chi connectivity index (χ0) is 16.0. The molecule has 1 aromatic heterocycles. The maximum Gasteiger partial charge on any atom is 0.263 e. The Morgan fingerprint density at radius 2 is 1.77 bits per heavy atom. The summed E-state index contributed by atoms with van der Waals surface area (Å²) in [6, 6.07) is 10.3. The molecular weight excluding hydrogens is 298 g/mol. The van der Waals surface area contributed by atoms with E-state index in [1.807, 2.05) is 19.1 Å². The Morgan fingerprint density at radius 3 is 2.32 bits per heavy atom. The predicted octanol–water partition coefficient (Wildman–Crippen LogP) is 3.27. The first-order chi connectivity index (χ1) is 10.5. The molecule has 2 N–H and O–H groups in total. The van der Waals surface area contributed by atoms with Gasteiger partial charge in [0, 0.05) is 6.54 Å². The molecule has 0 fully saturated rings. The van der Waals surface area contributed by atoms with Gasteiger partial charge >= 0.3 is 0 Å². The first-order valence-corrected chi connectivity index (χ1v) is 8.85. The minimum absolute atomic E-state index is 0.236. The van der Waals surface area contributed by atoms with E-state index in [1.165, 1.54) is 0 Å². The highest BCUT2D eigenvalue weighted by atomic mass is 32.2. The van der Waals surface area contributed by atoms with Crippen molar-refractivity contribution >= 4 is 21.5 Å². The summed E-state index contributed by atoms with van der Waals surface area (Å²) in [6.07, 6.45) is 3.51. The van der Waals surface area contributed by atoms with E-state index in [2.05, 4.69) is 21.9 Å². The fourth-order valence-electron chi connectivity index (χ4n) is 1.93. The van der Waals surface area contributed by atoms with Crippen molar-refractivity contribution in [1.29, 1.82) is 0 Å². The molecule has 0 aliphatic rings. The number of aromatic nitrogens is 1. The molecule has 0 unspecified atom stereocenters. The monoisotopic (exact) mass is 319 g/mol. The van der Waals surface area contributed by atoms with Crippen LogP contribution in [0.4, 0.5) is 11.5 Å². The van der Waals surface area contributed by atoms with Gasteiger partial charge in [-0.3, -0.25) is 4.72 Å². The van der Waals surface area contributed by atoms with Gasteiger partial charge < -0.3 is 5.32 Å². The van der Waals surface area contributed by atoms with E-state index in [1.54, 1.807) is 30.5 Å². The number of pyridine rings is 1. The van der Waals surface area contributed by atoms with Crippen molar-refractivity contribution in [2.24, 2.45) is 0 Å². The van der Waals surface area contributed by atoms with E-state index in [9.17, 15) is 8.42 Å². The van der Waals surface area contributed by atoms with Gasteiger partial charge in [0.1, 0.15) is 5.82 Å². The number of nitrogens with zero attached hydrogens (tertiary/aromatic N) is 1. The Morgan fingerprint density at radius 1 is 1.05 bits per heavy atom. The fourth-order valence-corrected chi connectivity index (χ4v) is 2.94. The lowest BCUT2D eigenvalue weighted by atomic mass is 10.2. The summed E-state index contributed by atoms with van der Waals surface area (Å²) < 4.78 is 27.1. The van der Waals surface area contributed by atoms with E-state index in [0.29, 0.717) is 5.82 Å². The number of sulfonamides is 1. The van der Waals surface area contributed by atoms with Crippen LogP contribution in [0.25, 0.3) is 0 Å². The molecule has 6 heteroatoms. The molecule has 0 amide bonds. The van der Waals surface area contributed by atoms with Crippen molar-refractivity contribution in [3.63, 3.8) is 0 Å². The van der Waals surface area contributed by atoms with E-state index < -0.39 is 10.0 Å². The van der Waals surface area contributed by atoms with Gasteiger partial charge in [-0.05, 0) is 42.7 Å². The number of benzene rings is 1. The summed E-state index contributed by atoms with van der Waals surface area (Å²) >= 11 is 0. The highest BCUT2D eigenvalue weighted by molar-refractivity contribution is 7.92. The molecule has 0 saturated carbocycles. The number of anilines is 2. The SMILES string of the molecule is CCCNc1ccc(NS(=O)(=O)c2ccc(CC)cc2)nc1. The third-order valence-corrected chi connectivity index (χ3v) is 4.59. The van der Waals surface area contributed by atoms with Gasteiger partial charge in [0.05, 0.1) is 16.8 Å². The van der Waals surface area contributed by atoms with Crippen LogP contribution in [-0.4, -0.2) is 19.9 Å².